The van der Waals surface area contributed by atoms with Gasteiger partial charge in [0.15, 0.2) is 11.9 Å². The molecule has 1 saturated carbocycles. The van der Waals surface area contributed by atoms with Crippen molar-refractivity contribution in [3.63, 3.8) is 0 Å². The van der Waals surface area contributed by atoms with Crippen molar-refractivity contribution in [3.8, 4) is 17.0 Å². The monoisotopic (exact) mass is 346 g/mol. The Hall–Kier alpha value is -1.69. The van der Waals surface area contributed by atoms with E-state index in [1.165, 1.54) is 0 Å². The van der Waals surface area contributed by atoms with Crippen LogP contribution in [-0.4, -0.2) is 30.7 Å². The number of aromatic nitrogens is 2. The fraction of sp³-hybridized carbons (Fsp3) is 0.444. The van der Waals surface area contributed by atoms with Gasteiger partial charge in [-0.2, -0.15) is 0 Å². The molecule has 1 aliphatic heterocycles. The Balaban J connectivity index is 1.86. The lowest BCUT2D eigenvalue weighted by Crippen LogP contribution is -2.25. The summed E-state index contributed by atoms with van der Waals surface area (Å²) < 4.78 is 16.6. The molecule has 126 valence electrons. The van der Waals surface area contributed by atoms with E-state index in [4.69, 9.17) is 25.8 Å². The molecule has 1 aliphatic carbocycles. The lowest BCUT2D eigenvalue weighted by atomic mass is 9.89. The fourth-order valence-corrected chi connectivity index (χ4v) is 3.73. The Morgan fingerprint density at radius 1 is 1.29 bits per heavy atom. The number of aryl methyl sites for hydroxylation is 1. The standard InChI is InChI=1S/C18H19ClN2O3/c1-11-3-4-12(14(7-11)24-10-22-2)16-13-8-23-9-18(5-6-18)15(13)17(19)21-20-16/h3-4,7H,5-6,8-10H2,1-2H3. The summed E-state index contributed by atoms with van der Waals surface area (Å²) in [5.74, 6) is 0.728. The largest absolute Gasteiger partial charge is 0.467 e. The minimum atomic E-state index is 0.0353. The average Bonchev–Trinajstić information content (AvgIpc) is 3.34. The van der Waals surface area contributed by atoms with Gasteiger partial charge in [0.25, 0.3) is 0 Å². The number of rotatable bonds is 4. The second-order valence-electron chi connectivity index (χ2n) is 6.52. The summed E-state index contributed by atoms with van der Waals surface area (Å²) in [6, 6.07) is 6.02. The number of hydrogen-bond acceptors (Lipinski definition) is 5. The first-order chi connectivity index (χ1) is 11.6. The molecule has 0 atom stereocenters. The molecule has 2 heterocycles. The third kappa shape index (κ3) is 2.57. The summed E-state index contributed by atoms with van der Waals surface area (Å²) in [5.41, 5.74) is 4.96. The summed E-state index contributed by atoms with van der Waals surface area (Å²) in [4.78, 5) is 0. The fourth-order valence-electron chi connectivity index (χ4n) is 3.38. The van der Waals surface area contributed by atoms with Gasteiger partial charge < -0.3 is 14.2 Å². The number of halogens is 1. The smallest absolute Gasteiger partial charge is 0.188 e. The van der Waals surface area contributed by atoms with Gasteiger partial charge in [-0.1, -0.05) is 17.7 Å². The summed E-state index contributed by atoms with van der Waals surface area (Å²) in [5, 5.41) is 9.09. The molecule has 1 spiro atoms. The molecule has 0 saturated heterocycles. The van der Waals surface area contributed by atoms with Crippen LogP contribution < -0.4 is 4.74 Å². The van der Waals surface area contributed by atoms with Gasteiger partial charge in [0, 0.05) is 29.2 Å². The maximum atomic E-state index is 6.39. The van der Waals surface area contributed by atoms with E-state index in [9.17, 15) is 0 Å². The van der Waals surface area contributed by atoms with Gasteiger partial charge in [0.2, 0.25) is 0 Å². The van der Waals surface area contributed by atoms with Crippen LogP contribution in [-0.2, 0) is 21.5 Å². The second-order valence-corrected chi connectivity index (χ2v) is 6.87. The van der Waals surface area contributed by atoms with E-state index in [-0.39, 0.29) is 12.2 Å². The van der Waals surface area contributed by atoms with Crippen molar-refractivity contribution in [2.75, 3.05) is 20.5 Å². The molecule has 1 aromatic heterocycles. The maximum Gasteiger partial charge on any atom is 0.188 e. The van der Waals surface area contributed by atoms with Crippen LogP contribution in [0.4, 0.5) is 0 Å². The van der Waals surface area contributed by atoms with Crippen molar-refractivity contribution in [1.29, 1.82) is 0 Å². The van der Waals surface area contributed by atoms with E-state index < -0.39 is 0 Å². The molecular formula is C18H19ClN2O3. The van der Waals surface area contributed by atoms with Crippen LogP contribution >= 0.6 is 11.6 Å². The number of methoxy groups -OCH3 is 1. The number of benzene rings is 1. The first-order valence-electron chi connectivity index (χ1n) is 8.01. The third-order valence-electron chi connectivity index (χ3n) is 4.76. The Morgan fingerprint density at radius 2 is 2.12 bits per heavy atom. The van der Waals surface area contributed by atoms with Crippen molar-refractivity contribution < 1.29 is 14.2 Å². The predicted molar refractivity (Wildman–Crippen MR) is 90.3 cm³/mol. The number of hydrogen-bond donors (Lipinski definition) is 0. The molecule has 5 nitrogen and oxygen atoms in total. The summed E-state index contributed by atoms with van der Waals surface area (Å²) in [6.07, 6.45) is 2.18. The number of fused-ring (bicyclic) bond motifs is 2. The minimum Gasteiger partial charge on any atom is -0.467 e. The van der Waals surface area contributed by atoms with Gasteiger partial charge in [-0.05, 0) is 37.5 Å². The normalized spacial score (nSPS) is 17.6. The van der Waals surface area contributed by atoms with Gasteiger partial charge in [-0.25, -0.2) is 0 Å². The van der Waals surface area contributed by atoms with E-state index in [1.54, 1.807) is 7.11 Å². The molecule has 6 heteroatoms. The Morgan fingerprint density at radius 3 is 2.88 bits per heavy atom. The Bertz CT molecular complexity index is 790. The van der Waals surface area contributed by atoms with Crippen LogP contribution in [0.1, 0.15) is 29.5 Å². The highest BCUT2D eigenvalue weighted by Gasteiger charge is 2.50. The highest BCUT2D eigenvalue weighted by atomic mass is 35.5. The molecule has 0 bridgehead atoms. The molecule has 24 heavy (non-hydrogen) atoms. The van der Waals surface area contributed by atoms with Crippen LogP contribution in [0.15, 0.2) is 18.2 Å². The third-order valence-corrected chi connectivity index (χ3v) is 5.03. The highest BCUT2D eigenvalue weighted by molar-refractivity contribution is 6.30. The SMILES string of the molecule is COCOc1cc(C)ccc1-c1nnc(Cl)c2c1COCC21CC1. The number of nitrogens with zero attached hydrogens (tertiary/aromatic N) is 2. The first-order valence-corrected chi connectivity index (χ1v) is 8.38. The Kier molecular flexibility index (Phi) is 3.95. The van der Waals surface area contributed by atoms with Crippen LogP contribution in [0.3, 0.4) is 0 Å². The molecule has 2 aromatic rings. The van der Waals surface area contributed by atoms with Gasteiger partial charge >= 0.3 is 0 Å². The predicted octanol–water partition coefficient (Wildman–Crippen LogP) is 3.65. The van der Waals surface area contributed by atoms with E-state index in [2.05, 4.69) is 10.2 Å². The summed E-state index contributed by atoms with van der Waals surface area (Å²) in [6.45, 7) is 3.42. The van der Waals surface area contributed by atoms with Crippen molar-refractivity contribution in [1.82, 2.24) is 10.2 Å². The number of ether oxygens (including phenoxy) is 3. The lowest BCUT2D eigenvalue weighted by Gasteiger charge is -2.27. The van der Waals surface area contributed by atoms with Crippen LogP contribution in [0.25, 0.3) is 11.3 Å². The molecule has 0 N–H and O–H groups in total. The van der Waals surface area contributed by atoms with Crippen LogP contribution in [0, 0.1) is 6.92 Å². The van der Waals surface area contributed by atoms with Crippen molar-refractivity contribution >= 4 is 11.6 Å². The first kappa shape index (κ1) is 15.8. The molecule has 1 fully saturated rings. The van der Waals surface area contributed by atoms with Crippen molar-refractivity contribution in [2.45, 2.75) is 31.8 Å². The second kappa shape index (κ2) is 5.99. The molecular weight excluding hydrogens is 328 g/mol. The zero-order valence-corrected chi connectivity index (χ0v) is 14.5. The van der Waals surface area contributed by atoms with Crippen molar-refractivity contribution in [2.24, 2.45) is 0 Å². The highest BCUT2D eigenvalue weighted by Crippen LogP contribution is 2.54. The molecule has 0 amide bonds. The van der Waals surface area contributed by atoms with Crippen molar-refractivity contribution in [3.05, 3.63) is 40.0 Å². The molecule has 1 aromatic carbocycles. The zero-order valence-electron chi connectivity index (χ0n) is 13.8. The van der Waals surface area contributed by atoms with Gasteiger partial charge in [0.05, 0.1) is 13.2 Å². The average molecular weight is 347 g/mol. The van der Waals surface area contributed by atoms with Gasteiger partial charge in [0.1, 0.15) is 11.4 Å². The lowest BCUT2D eigenvalue weighted by molar-refractivity contribution is 0.0514. The van der Waals surface area contributed by atoms with Gasteiger partial charge in [-0.3, -0.25) is 0 Å². The molecule has 0 radical (unpaired) electrons. The molecule has 4 rings (SSSR count). The van der Waals surface area contributed by atoms with Crippen LogP contribution in [0.2, 0.25) is 5.15 Å². The van der Waals surface area contributed by atoms with E-state index >= 15 is 0 Å². The molecule has 2 aliphatic rings. The van der Waals surface area contributed by atoms with Gasteiger partial charge in [-0.15, -0.1) is 10.2 Å². The topological polar surface area (TPSA) is 53.5 Å². The molecule has 0 unspecified atom stereocenters. The minimum absolute atomic E-state index is 0.0353. The summed E-state index contributed by atoms with van der Waals surface area (Å²) >= 11 is 6.39. The van der Waals surface area contributed by atoms with E-state index in [0.29, 0.717) is 18.4 Å². The zero-order chi connectivity index (χ0) is 16.7. The maximum absolute atomic E-state index is 6.39. The quantitative estimate of drug-likeness (QED) is 0.791. The Labute approximate surface area is 145 Å². The van der Waals surface area contributed by atoms with E-state index in [1.807, 2.05) is 25.1 Å². The van der Waals surface area contributed by atoms with E-state index in [0.717, 1.165) is 46.5 Å². The van der Waals surface area contributed by atoms with Crippen LogP contribution in [0.5, 0.6) is 5.75 Å². The summed E-state index contributed by atoms with van der Waals surface area (Å²) in [7, 11) is 1.60.